The van der Waals surface area contributed by atoms with Crippen LogP contribution in [-0.4, -0.2) is 19.9 Å². The van der Waals surface area contributed by atoms with Crippen molar-refractivity contribution in [3.8, 4) is 0 Å². The number of aromatic nitrogens is 4. The molecule has 1 atom stereocenters. The van der Waals surface area contributed by atoms with E-state index in [0.29, 0.717) is 5.65 Å². The maximum Gasteiger partial charge on any atom is 0.182 e. The summed E-state index contributed by atoms with van der Waals surface area (Å²) in [4.78, 5) is 14.8. The van der Waals surface area contributed by atoms with E-state index in [-0.39, 0.29) is 0 Å². The first-order chi connectivity index (χ1) is 5.42. The van der Waals surface area contributed by atoms with Crippen molar-refractivity contribution in [2.75, 3.05) is 5.09 Å². The van der Waals surface area contributed by atoms with Gasteiger partial charge in [0.25, 0.3) is 0 Å². The van der Waals surface area contributed by atoms with Gasteiger partial charge < -0.3 is 10.1 Å². The molecule has 0 fully saturated rings. The van der Waals surface area contributed by atoms with Gasteiger partial charge in [0.15, 0.2) is 11.5 Å². The van der Waals surface area contributed by atoms with Crippen LogP contribution in [0.2, 0.25) is 0 Å². The molecule has 6 heteroatoms. The molecule has 5 nitrogen and oxygen atoms in total. The van der Waals surface area contributed by atoms with Gasteiger partial charge in [-0.25, -0.2) is 15.0 Å². The number of hydrogen-bond donors (Lipinski definition) is 2. The summed E-state index contributed by atoms with van der Waals surface area (Å²) >= 11 is 0. The van der Waals surface area contributed by atoms with Crippen LogP contribution in [0.25, 0.3) is 11.2 Å². The van der Waals surface area contributed by atoms with E-state index < -0.39 is 0 Å². The van der Waals surface area contributed by atoms with E-state index in [4.69, 9.17) is 0 Å². The van der Waals surface area contributed by atoms with Gasteiger partial charge in [-0.1, -0.05) is 0 Å². The number of nitrogens with one attached hydrogen (secondary N) is 2. The Hall–Kier alpha value is -1.22. The molecule has 2 aromatic rings. The van der Waals surface area contributed by atoms with E-state index in [1.807, 2.05) is 0 Å². The van der Waals surface area contributed by atoms with E-state index in [0.717, 1.165) is 11.3 Å². The molecule has 0 saturated carbocycles. The van der Waals surface area contributed by atoms with Gasteiger partial charge in [-0.3, -0.25) is 0 Å². The molecule has 0 aliphatic carbocycles. The SMILES string of the molecule is PNc1ncnc2nc[nH]c12. The first kappa shape index (κ1) is 6.49. The minimum Gasteiger partial charge on any atom is -0.353 e. The Kier molecular flexibility index (Phi) is 1.43. The predicted molar refractivity (Wildman–Crippen MR) is 45.0 cm³/mol. The number of anilines is 1. The maximum absolute atomic E-state index is 3.98. The Morgan fingerprint density at radius 2 is 2.27 bits per heavy atom. The molecule has 1 unspecified atom stereocenters. The van der Waals surface area contributed by atoms with Crippen molar-refractivity contribution < 1.29 is 0 Å². The second-order valence-electron chi connectivity index (χ2n) is 1.97. The Bertz CT molecular complexity index is 370. The van der Waals surface area contributed by atoms with Crippen LogP contribution in [0.4, 0.5) is 5.82 Å². The summed E-state index contributed by atoms with van der Waals surface area (Å²) in [5, 5.41) is 2.85. The summed E-state index contributed by atoms with van der Waals surface area (Å²) in [6, 6.07) is 0. The van der Waals surface area contributed by atoms with Crippen LogP contribution in [0.15, 0.2) is 12.7 Å². The normalized spacial score (nSPS) is 10.3. The third-order valence-electron chi connectivity index (χ3n) is 1.36. The number of H-pyrrole nitrogens is 1. The van der Waals surface area contributed by atoms with E-state index in [9.17, 15) is 0 Å². The maximum atomic E-state index is 3.98. The lowest BCUT2D eigenvalue weighted by atomic mass is 10.5. The molecular formula is C5H6N5P. The van der Waals surface area contributed by atoms with Crippen LogP contribution < -0.4 is 5.09 Å². The zero-order chi connectivity index (χ0) is 7.68. The van der Waals surface area contributed by atoms with Gasteiger partial charge in [0.05, 0.1) is 6.33 Å². The number of aromatic amines is 1. The number of fused-ring (bicyclic) bond motifs is 1. The molecule has 0 amide bonds. The summed E-state index contributed by atoms with van der Waals surface area (Å²) in [7, 11) is 2.37. The van der Waals surface area contributed by atoms with E-state index in [1.165, 1.54) is 6.33 Å². The summed E-state index contributed by atoms with van der Waals surface area (Å²) in [5.74, 6) is 0.734. The third kappa shape index (κ3) is 0.935. The first-order valence-electron chi connectivity index (χ1n) is 3.02. The van der Waals surface area contributed by atoms with Gasteiger partial charge in [0.1, 0.15) is 11.8 Å². The molecule has 0 aromatic carbocycles. The second kappa shape index (κ2) is 2.43. The van der Waals surface area contributed by atoms with Crippen LogP contribution in [0.5, 0.6) is 0 Å². The Morgan fingerprint density at radius 1 is 1.36 bits per heavy atom. The van der Waals surface area contributed by atoms with Crippen LogP contribution in [0, 0.1) is 0 Å². The predicted octanol–water partition coefficient (Wildman–Crippen LogP) is 0.555. The molecule has 0 radical (unpaired) electrons. The Morgan fingerprint density at radius 3 is 3.09 bits per heavy atom. The lowest BCUT2D eigenvalue weighted by Gasteiger charge is -1.96. The average Bonchev–Trinajstić information content (AvgIpc) is 2.50. The van der Waals surface area contributed by atoms with Crippen molar-refractivity contribution in [3.05, 3.63) is 12.7 Å². The monoisotopic (exact) mass is 167 g/mol. The Balaban J connectivity index is 2.79. The van der Waals surface area contributed by atoms with E-state index >= 15 is 0 Å². The van der Waals surface area contributed by atoms with Gasteiger partial charge in [-0.2, -0.15) is 0 Å². The van der Waals surface area contributed by atoms with Gasteiger partial charge in [0.2, 0.25) is 0 Å². The molecule has 0 aliphatic heterocycles. The molecule has 2 heterocycles. The highest BCUT2D eigenvalue weighted by atomic mass is 31.0. The smallest absolute Gasteiger partial charge is 0.182 e. The number of rotatable bonds is 1. The fourth-order valence-corrected chi connectivity index (χ4v) is 1.09. The quantitative estimate of drug-likeness (QED) is 0.609. The van der Waals surface area contributed by atoms with Crippen LogP contribution in [-0.2, 0) is 0 Å². The number of imidazole rings is 1. The van der Waals surface area contributed by atoms with Crippen molar-refractivity contribution in [1.82, 2.24) is 19.9 Å². The Labute approximate surface area is 64.9 Å². The molecule has 0 saturated heterocycles. The lowest BCUT2D eigenvalue weighted by molar-refractivity contribution is 1.21. The molecule has 56 valence electrons. The standard InChI is InChI=1S/C5H6N5P/c11-10-5-3-4(7-1-6-3)8-2-9-5/h1-2H,11H2,(H2,6,7,8,9,10). The highest BCUT2D eigenvalue weighted by Gasteiger charge is 2.01. The fourth-order valence-electron chi connectivity index (χ4n) is 0.874. The molecule has 0 spiro atoms. The summed E-state index contributed by atoms with van der Waals surface area (Å²) in [6.45, 7) is 0. The van der Waals surface area contributed by atoms with Crippen molar-refractivity contribution >= 4 is 26.4 Å². The molecule has 0 aliphatic rings. The number of hydrogen-bond acceptors (Lipinski definition) is 4. The van der Waals surface area contributed by atoms with Gasteiger partial charge in [-0.15, -0.1) is 0 Å². The summed E-state index contributed by atoms with van der Waals surface area (Å²) in [5.41, 5.74) is 1.49. The molecule has 2 aromatic heterocycles. The average molecular weight is 167 g/mol. The highest BCUT2D eigenvalue weighted by Crippen LogP contribution is 2.14. The van der Waals surface area contributed by atoms with Gasteiger partial charge in [0, 0.05) is 0 Å². The summed E-state index contributed by atoms with van der Waals surface area (Å²) < 4.78 is 0. The minimum absolute atomic E-state index is 0.671. The fraction of sp³-hybridized carbons (Fsp3) is 0. The highest BCUT2D eigenvalue weighted by molar-refractivity contribution is 7.18. The molecule has 11 heavy (non-hydrogen) atoms. The second-order valence-corrected chi connectivity index (χ2v) is 2.26. The molecule has 0 bridgehead atoms. The van der Waals surface area contributed by atoms with Crippen molar-refractivity contribution in [3.63, 3.8) is 0 Å². The lowest BCUT2D eigenvalue weighted by Crippen LogP contribution is -1.88. The third-order valence-corrected chi connectivity index (χ3v) is 1.63. The van der Waals surface area contributed by atoms with Crippen LogP contribution in [0.1, 0.15) is 0 Å². The zero-order valence-corrected chi connectivity index (χ0v) is 6.73. The van der Waals surface area contributed by atoms with Gasteiger partial charge >= 0.3 is 0 Å². The molecule has 2 rings (SSSR count). The van der Waals surface area contributed by atoms with E-state index in [1.54, 1.807) is 6.33 Å². The van der Waals surface area contributed by atoms with Crippen LogP contribution in [0.3, 0.4) is 0 Å². The van der Waals surface area contributed by atoms with Crippen molar-refractivity contribution in [2.45, 2.75) is 0 Å². The molecule has 2 N–H and O–H groups in total. The van der Waals surface area contributed by atoms with Crippen LogP contribution >= 0.6 is 9.39 Å². The van der Waals surface area contributed by atoms with E-state index in [2.05, 4.69) is 34.4 Å². The zero-order valence-electron chi connectivity index (χ0n) is 5.57. The molecular weight excluding hydrogens is 161 g/mol. The first-order valence-corrected chi connectivity index (χ1v) is 3.60. The number of nitrogens with zero attached hydrogens (tertiary/aromatic N) is 3. The topological polar surface area (TPSA) is 66.5 Å². The van der Waals surface area contributed by atoms with Crippen molar-refractivity contribution in [1.29, 1.82) is 0 Å². The van der Waals surface area contributed by atoms with Gasteiger partial charge in [-0.05, 0) is 9.39 Å². The summed E-state index contributed by atoms with van der Waals surface area (Å²) in [6.07, 6.45) is 3.06. The van der Waals surface area contributed by atoms with Crippen molar-refractivity contribution in [2.24, 2.45) is 0 Å². The minimum atomic E-state index is 0.671. The largest absolute Gasteiger partial charge is 0.353 e.